The Balaban J connectivity index is 1.87. The summed E-state index contributed by atoms with van der Waals surface area (Å²) in [5.74, 6) is 0. The van der Waals surface area contributed by atoms with Gasteiger partial charge in [0.15, 0.2) is 0 Å². The van der Waals surface area contributed by atoms with Crippen LogP contribution in [-0.4, -0.2) is 37.2 Å². The van der Waals surface area contributed by atoms with Crippen molar-refractivity contribution in [1.29, 1.82) is 0 Å². The van der Waals surface area contributed by atoms with Crippen molar-refractivity contribution in [3.8, 4) is 0 Å². The SMILES string of the molecule is CCC(CC)N(CCOC)Cc1ccc(CNC2CC2)s1. The van der Waals surface area contributed by atoms with E-state index in [0.717, 1.165) is 32.3 Å². The smallest absolute Gasteiger partial charge is 0.0589 e. The second-order valence-electron chi connectivity index (χ2n) is 5.96. The van der Waals surface area contributed by atoms with E-state index < -0.39 is 0 Å². The molecule has 1 N–H and O–H groups in total. The minimum absolute atomic E-state index is 0.662. The van der Waals surface area contributed by atoms with Gasteiger partial charge in [-0.1, -0.05) is 13.8 Å². The number of methoxy groups -OCH3 is 1. The highest BCUT2D eigenvalue weighted by molar-refractivity contribution is 7.11. The molecule has 0 atom stereocenters. The lowest BCUT2D eigenvalue weighted by Gasteiger charge is -2.29. The van der Waals surface area contributed by atoms with E-state index in [1.54, 1.807) is 7.11 Å². The van der Waals surface area contributed by atoms with Gasteiger partial charge in [-0.05, 0) is 37.8 Å². The fraction of sp³-hybridized carbons (Fsp3) is 0.765. The largest absolute Gasteiger partial charge is 0.383 e. The number of hydrogen-bond acceptors (Lipinski definition) is 4. The van der Waals surface area contributed by atoms with E-state index in [4.69, 9.17) is 4.74 Å². The van der Waals surface area contributed by atoms with E-state index >= 15 is 0 Å². The Labute approximate surface area is 133 Å². The average Bonchev–Trinajstić information content (AvgIpc) is 3.23. The second kappa shape index (κ2) is 8.89. The van der Waals surface area contributed by atoms with Crippen LogP contribution in [0, 0.1) is 0 Å². The maximum atomic E-state index is 5.28. The van der Waals surface area contributed by atoms with Gasteiger partial charge >= 0.3 is 0 Å². The molecule has 3 nitrogen and oxygen atoms in total. The molecule has 0 radical (unpaired) electrons. The summed E-state index contributed by atoms with van der Waals surface area (Å²) < 4.78 is 5.28. The molecule has 1 aliphatic rings. The molecular weight excluding hydrogens is 280 g/mol. The summed E-state index contributed by atoms with van der Waals surface area (Å²) in [4.78, 5) is 5.52. The van der Waals surface area contributed by atoms with Crippen LogP contribution in [0.2, 0.25) is 0 Å². The highest BCUT2D eigenvalue weighted by atomic mass is 32.1. The third-order valence-electron chi connectivity index (χ3n) is 4.26. The first-order chi connectivity index (χ1) is 10.3. The van der Waals surface area contributed by atoms with Crippen LogP contribution in [0.5, 0.6) is 0 Å². The fourth-order valence-electron chi connectivity index (χ4n) is 2.74. The molecule has 1 fully saturated rings. The highest BCUT2D eigenvalue weighted by Crippen LogP contribution is 2.23. The Morgan fingerprint density at radius 3 is 2.62 bits per heavy atom. The molecule has 0 spiro atoms. The summed E-state index contributed by atoms with van der Waals surface area (Å²) in [6.45, 7) is 8.51. The van der Waals surface area contributed by atoms with E-state index in [2.05, 4.69) is 36.2 Å². The van der Waals surface area contributed by atoms with E-state index in [1.165, 1.54) is 35.4 Å². The molecule has 0 bridgehead atoms. The highest BCUT2D eigenvalue weighted by Gasteiger charge is 2.20. The Kier molecular flexibility index (Phi) is 7.17. The number of rotatable bonds is 11. The normalized spacial score (nSPS) is 15.3. The molecule has 0 aliphatic heterocycles. The number of nitrogens with one attached hydrogen (secondary N) is 1. The Morgan fingerprint density at radius 2 is 2.00 bits per heavy atom. The van der Waals surface area contributed by atoms with Crippen molar-refractivity contribution in [2.24, 2.45) is 0 Å². The molecule has 0 aromatic carbocycles. The third kappa shape index (κ3) is 5.70. The van der Waals surface area contributed by atoms with Crippen LogP contribution in [0.4, 0.5) is 0 Å². The van der Waals surface area contributed by atoms with Gasteiger partial charge in [0.25, 0.3) is 0 Å². The van der Waals surface area contributed by atoms with Crippen LogP contribution in [0.1, 0.15) is 49.3 Å². The monoisotopic (exact) mass is 310 g/mol. The quantitative estimate of drug-likeness (QED) is 0.675. The van der Waals surface area contributed by atoms with Crippen LogP contribution in [0.15, 0.2) is 12.1 Å². The van der Waals surface area contributed by atoms with Crippen molar-refractivity contribution >= 4 is 11.3 Å². The zero-order chi connectivity index (χ0) is 15.1. The van der Waals surface area contributed by atoms with Crippen molar-refractivity contribution in [2.75, 3.05) is 20.3 Å². The minimum atomic E-state index is 0.662. The van der Waals surface area contributed by atoms with Gasteiger partial charge in [0, 0.05) is 48.6 Å². The average molecular weight is 311 g/mol. The van der Waals surface area contributed by atoms with Crippen LogP contribution < -0.4 is 5.32 Å². The number of thiophene rings is 1. The van der Waals surface area contributed by atoms with Crippen molar-refractivity contribution in [2.45, 2.75) is 64.7 Å². The summed E-state index contributed by atoms with van der Waals surface area (Å²) in [5, 5.41) is 3.60. The molecule has 4 heteroatoms. The number of ether oxygens (including phenoxy) is 1. The standard InChI is InChI=1S/C17H30N2OS/c1-4-15(5-2)19(10-11-20-3)13-17-9-8-16(21-17)12-18-14-6-7-14/h8-9,14-15,18H,4-7,10-13H2,1-3H3. The lowest BCUT2D eigenvalue weighted by molar-refractivity contribution is 0.111. The van der Waals surface area contributed by atoms with E-state index in [0.29, 0.717) is 6.04 Å². The minimum Gasteiger partial charge on any atom is -0.383 e. The van der Waals surface area contributed by atoms with Crippen molar-refractivity contribution in [1.82, 2.24) is 10.2 Å². The summed E-state index contributed by atoms with van der Waals surface area (Å²) in [6, 6.07) is 6.04. The number of nitrogens with zero attached hydrogens (tertiary/aromatic N) is 1. The van der Waals surface area contributed by atoms with Crippen molar-refractivity contribution < 1.29 is 4.74 Å². The molecule has 0 amide bonds. The van der Waals surface area contributed by atoms with Crippen LogP contribution >= 0.6 is 11.3 Å². The summed E-state index contributed by atoms with van der Waals surface area (Å²) in [7, 11) is 1.79. The van der Waals surface area contributed by atoms with Gasteiger partial charge in [0.05, 0.1) is 6.61 Å². The zero-order valence-corrected chi connectivity index (χ0v) is 14.5. The summed E-state index contributed by atoms with van der Waals surface area (Å²) in [5.41, 5.74) is 0. The fourth-order valence-corrected chi connectivity index (χ4v) is 3.73. The van der Waals surface area contributed by atoms with E-state index in [-0.39, 0.29) is 0 Å². The maximum Gasteiger partial charge on any atom is 0.0589 e. The molecule has 21 heavy (non-hydrogen) atoms. The summed E-state index contributed by atoms with van der Waals surface area (Å²) >= 11 is 1.96. The first-order valence-corrected chi connectivity index (χ1v) is 9.12. The Hall–Kier alpha value is -0.420. The van der Waals surface area contributed by atoms with Gasteiger partial charge in [-0.15, -0.1) is 11.3 Å². The lowest BCUT2D eigenvalue weighted by Crippen LogP contribution is -2.36. The first kappa shape index (κ1) is 16.9. The third-order valence-corrected chi connectivity index (χ3v) is 5.33. The Bertz CT molecular complexity index is 399. The molecule has 0 unspecified atom stereocenters. The molecule has 1 aromatic heterocycles. The van der Waals surface area contributed by atoms with Gasteiger partial charge in [0.1, 0.15) is 0 Å². The van der Waals surface area contributed by atoms with E-state index in [9.17, 15) is 0 Å². The number of hydrogen-bond donors (Lipinski definition) is 1. The molecule has 1 aromatic rings. The van der Waals surface area contributed by atoms with E-state index in [1.807, 2.05) is 11.3 Å². The van der Waals surface area contributed by atoms with Crippen molar-refractivity contribution in [3.63, 3.8) is 0 Å². The lowest BCUT2D eigenvalue weighted by atomic mass is 10.1. The summed E-state index contributed by atoms with van der Waals surface area (Å²) in [6.07, 6.45) is 5.14. The predicted octanol–water partition coefficient (Wildman–Crippen LogP) is 3.64. The zero-order valence-electron chi connectivity index (χ0n) is 13.7. The van der Waals surface area contributed by atoms with Gasteiger partial charge < -0.3 is 10.1 Å². The topological polar surface area (TPSA) is 24.5 Å². The molecule has 1 heterocycles. The molecule has 2 rings (SSSR count). The molecule has 1 saturated carbocycles. The molecule has 0 saturated heterocycles. The molecule has 120 valence electrons. The van der Waals surface area contributed by atoms with Crippen LogP contribution in [0.3, 0.4) is 0 Å². The Morgan fingerprint density at radius 1 is 1.29 bits per heavy atom. The van der Waals surface area contributed by atoms with Crippen molar-refractivity contribution in [3.05, 3.63) is 21.9 Å². The first-order valence-electron chi connectivity index (χ1n) is 8.30. The van der Waals surface area contributed by atoms with Crippen LogP contribution in [-0.2, 0) is 17.8 Å². The maximum absolute atomic E-state index is 5.28. The molecular formula is C17H30N2OS. The van der Waals surface area contributed by atoms with Gasteiger partial charge in [-0.25, -0.2) is 0 Å². The van der Waals surface area contributed by atoms with Gasteiger partial charge in [-0.3, -0.25) is 4.90 Å². The predicted molar refractivity (Wildman–Crippen MR) is 90.8 cm³/mol. The molecule has 1 aliphatic carbocycles. The van der Waals surface area contributed by atoms with Gasteiger partial charge in [0.2, 0.25) is 0 Å². The van der Waals surface area contributed by atoms with Crippen LogP contribution in [0.25, 0.3) is 0 Å². The second-order valence-corrected chi connectivity index (χ2v) is 7.21. The van der Waals surface area contributed by atoms with Gasteiger partial charge in [-0.2, -0.15) is 0 Å².